The number of nitrogens with zero attached hydrogens (tertiary/aromatic N) is 3. The third-order valence-electron chi connectivity index (χ3n) is 3.58. The molecule has 1 aromatic heterocycles. The van der Waals surface area contributed by atoms with Crippen molar-refractivity contribution in [3.63, 3.8) is 0 Å². The molecule has 0 amide bonds. The van der Waals surface area contributed by atoms with Gasteiger partial charge in [0.1, 0.15) is 12.1 Å². The van der Waals surface area contributed by atoms with Gasteiger partial charge in [0.05, 0.1) is 12.5 Å². The molecule has 0 aliphatic carbocycles. The molecule has 2 heterocycles. The number of rotatable bonds is 5. The van der Waals surface area contributed by atoms with Gasteiger partial charge in [-0.05, 0) is 26.2 Å². The fourth-order valence-corrected chi connectivity index (χ4v) is 2.59. The van der Waals surface area contributed by atoms with Gasteiger partial charge in [-0.15, -0.1) is 0 Å². The van der Waals surface area contributed by atoms with Gasteiger partial charge < -0.3 is 9.64 Å². The highest BCUT2D eigenvalue weighted by Gasteiger charge is 2.27. The predicted octanol–water partition coefficient (Wildman–Crippen LogP) is 2.21. The second kappa shape index (κ2) is 7.22. The summed E-state index contributed by atoms with van der Waals surface area (Å²) >= 11 is 0. The molecule has 1 aromatic rings. The first-order valence-electron chi connectivity index (χ1n) is 7.47. The summed E-state index contributed by atoms with van der Waals surface area (Å²) in [6.07, 6.45) is 5.56. The number of piperidine rings is 1. The minimum atomic E-state index is -0.0833. The van der Waals surface area contributed by atoms with Gasteiger partial charge in [0.2, 0.25) is 0 Å². The molecule has 5 nitrogen and oxygen atoms in total. The molecular formula is C15H23N3O2. The average molecular weight is 277 g/mol. The Morgan fingerprint density at radius 2 is 2.30 bits per heavy atom. The minimum Gasteiger partial charge on any atom is -0.466 e. The highest BCUT2D eigenvalue weighted by atomic mass is 16.5. The van der Waals surface area contributed by atoms with Crippen LogP contribution < -0.4 is 4.90 Å². The largest absolute Gasteiger partial charge is 0.466 e. The van der Waals surface area contributed by atoms with Crippen molar-refractivity contribution in [2.75, 3.05) is 24.6 Å². The Bertz CT molecular complexity index is 450. The standard InChI is InChI=1S/C15H23N3O2/c1-3-6-13-9-14(17-11-16-13)18-8-5-7-12(10-18)15(19)20-4-2/h9,11-12H,3-8,10H2,1-2H3. The minimum absolute atomic E-state index is 0.0340. The first-order valence-corrected chi connectivity index (χ1v) is 7.47. The summed E-state index contributed by atoms with van der Waals surface area (Å²) < 4.78 is 5.13. The summed E-state index contributed by atoms with van der Waals surface area (Å²) in [7, 11) is 0. The lowest BCUT2D eigenvalue weighted by atomic mass is 9.98. The molecular weight excluding hydrogens is 254 g/mol. The number of hydrogen-bond acceptors (Lipinski definition) is 5. The van der Waals surface area contributed by atoms with Gasteiger partial charge in [-0.25, -0.2) is 9.97 Å². The molecule has 0 radical (unpaired) electrons. The van der Waals surface area contributed by atoms with Gasteiger partial charge in [-0.3, -0.25) is 4.79 Å². The molecule has 0 bridgehead atoms. The number of aromatic nitrogens is 2. The third-order valence-corrected chi connectivity index (χ3v) is 3.58. The molecule has 0 spiro atoms. The maximum absolute atomic E-state index is 11.9. The molecule has 20 heavy (non-hydrogen) atoms. The lowest BCUT2D eigenvalue weighted by Gasteiger charge is -2.32. The Morgan fingerprint density at radius 3 is 3.05 bits per heavy atom. The van der Waals surface area contributed by atoms with Gasteiger partial charge >= 0.3 is 5.97 Å². The maximum Gasteiger partial charge on any atom is 0.310 e. The lowest BCUT2D eigenvalue weighted by molar-refractivity contribution is -0.148. The van der Waals surface area contributed by atoms with Crippen LogP contribution in [0.2, 0.25) is 0 Å². The number of carbonyl (C=O) groups excluding carboxylic acids is 1. The normalized spacial score (nSPS) is 18.9. The second-order valence-corrected chi connectivity index (χ2v) is 5.15. The zero-order valence-electron chi connectivity index (χ0n) is 12.3. The Kier molecular flexibility index (Phi) is 5.32. The Morgan fingerprint density at radius 1 is 1.45 bits per heavy atom. The quantitative estimate of drug-likeness (QED) is 0.772. The molecule has 1 unspecified atom stereocenters. The van der Waals surface area contributed by atoms with Crippen molar-refractivity contribution in [1.82, 2.24) is 9.97 Å². The summed E-state index contributed by atoms with van der Waals surface area (Å²) in [6.45, 7) is 6.07. The monoisotopic (exact) mass is 277 g/mol. The van der Waals surface area contributed by atoms with Crippen LogP contribution in [0.25, 0.3) is 0 Å². The molecule has 2 rings (SSSR count). The van der Waals surface area contributed by atoms with Gasteiger partial charge in [0.15, 0.2) is 0 Å². The van der Waals surface area contributed by atoms with Gasteiger partial charge in [0, 0.05) is 24.8 Å². The number of ether oxygens (including phenoxy) is 1. The van der Waals surface area contributed by atoms with Crippen LogP contribution in [-0.4, -0.2) is 35.6 Å². The van der Waals surface area contributed by atoms with Gasteiger partial charge in [0.25, 0.3) is 0 Å². The van der Waals surface area contributed by atoms with Crippen LogP contribution in [0, 0.1) is 5.92 Å². The molecule has 1 saturated heterocycles. The van der Waals surface area contributed by atoms with Crippen molar-refractivity contribution < 1.29 is 9.53 Å². The molecule has 5 heteroatoms. The van der Waals surface area contributed by atoms with Crippen LogP contribution in [0.1, 0.15) is 38.8 Å². The van der Waals surface area contributed by atoms with Crippen LogP contribution in [0.3, 0.4) is 0 Å². The zero-order valence-corrected chi connectivity index (χ0v) is 12.3. The molecule has 1 atom stereocenters. The van der Waals surface area contributed by atoms with Crippen LogP contribution in [0.15, 0.2) is 12.4 Å². The van der Waals surface area contributed by atoms with Crippen molar-refractivity contribution in [1.29, 1.82) is 0 Å². The van der Waals surface area contributed by atoms with E-state index in [1.807, 2.05) is 13.0 Å². The summed E-state index contributed by atoms with van der Waals surface area (Å²) in [5.41, 5.74) is 1.07. The molecule has 1 aliphatic heterocycles. The van der Waals surface area contributed by atoms with E-state index in [0.29, 0.717) is 13.2 Å². The topological polar surface area (TPSA) is 55.3 Å². The van der Waals surface area contributed by atoms with Crippen molar-refractivity contribution >= 4 is 11.8 Å². The Hall–Kier alpha value is -1.65. The average Bonchev–Trinajstić information content (AvgIpc) is 2.48. The van der Waals surface area contributed by atoms with Gasteiger partial charge in [-0.1, -0.05) is 13.3 Å². The fraction of sp³-hybridized carbons (Fsp3) is 0.667. The summed E-state index contributed by atoms with van der Waals surface area (Å²) in [4.78, 5) is 22.7. The molecule has 110 valence electrons. The smallest absolute Gasteiger partial charge is 0.310 e. The maximum atomic E-state index is 11.9. The van der Waals surface area contributed by atoms with Crippen molar-refractivity contribution in [3.8, 4) is 0 Å². The molecule has 0 saturated carbocycles. The fourth-order valence-electron chi connectivity index (χ4n) is 2.59. The highest BCUT2D eigenvalue weighted by Crippen LogP contribution is 2.22. The summed E-state index contributed by atoms with van der Waals surface area (Å²) in [5, 5.41) is 0. The van der Waals surface area contributed by atoms with E-state index in [1.165, 1.54) is 0 Å². The van der Waals surface area contributed by atoms with Gasteiger partial charge in [-0.2, -0.15) is 0 Å². The lowest BCUT2D eigenvalue weighted by Crippen LogP contribution is -2.39. The van der Waals surface area contributed by atoms with Crippen molar-refractivity contribution in [2.24, 2.45) is 5.92 Å². The van der Waals surface area contributed by atoms with Crippen molar-refractivity contribution in [3.05, 3.63) is 18.1 Å². The van der Waals surface area contributed by atoms with E-state index >= 15 is 0 Å². The van der Waals surface area contributed by atoms with E-state index in [2.05, 4.69) is 21.8 Å². The first-order chi connectivity index (χ1) is 9.74. The van der Waals surface area contributed by atoms with Crippen molar-refractivity contribution in [2.45, 2.75) is 39.5 Å². The van der Waals surface area contributed by atoms with Crippen LogP contribution >= 0.6 is 0 Å². The first kappa shape index (κ1) is 14.8. The predicted molar refractivity (Wildman–Crippen MR) is 77.6 cm³/mol. The number of anilines is 1. The van der Waals surface area contributed by atoms with Crippen LogP contribution in [0.5, 0.6) is 0 Å². The third kappa shape index (κ3) is 3.68. The van der Waals surface area contributed by atoms with E-state index < -0.39 is 0 Å². The van der Waals surface area contributed by atoms with E-state index in [1.54, 1.807) is 6.33 Å². The zero-order chi connectivity index (χ0) is 14.4. The Labute approximate surface area is 120 Å². The SMILES string of the molecule is CCCc1cc(N2CCCC(C(=O)OCC)C2)ncn1. The number of esters is 1. The van der Waals surface area contributed by atoms with Crippen LogP contribution in [0.4, 0.5) is 5.82 Å². The number of aryl methyl sites for hydroxylation is 1. The van der Waals surface area contributed by atoms with Crippen LogP contribution in [-0.2, 0) is 16.0 Å². The van der Waals surface area contributed by atoms with E-state index in [0.717, 1.165) is 43.7 Å². The Balaban J connectivity index is 2.04. The summed E-state index contributed by atoms with van der Waals surface area (Å²) in [6, 6.07) is 2.04. The molecule has 1 aliphatic rings. The number of carbonyl (C=O) groups is 1. The number of hydrogen-bond donors (Lipinski definition) is 0. The summed E-state index contributed by atoms with van der Waals surface area (Å²) in [5.74, 6) is 0.811. The molecule has 1 fully saturated rings. The van der Waals surface area contributed by atoms with E-state index in [4.69, 9.17) is 4.74 Å². The second-order valence-electron chi connectivity index (χ2n) is 5.15. The molecule has 0 N–H and O–H groups in total. The van der Waals surface area contributed by atoms with E-state index in [-0.39, 0.29) is 11.9 Å². The highest BCUT2D eigenvalue weighted by molar-refractivity contribution is 5.73. The molecule has 0 aromatic carbocycles. The van der Waals surface area contributed by atoms with E-state index in [9.17, 15) is 4.79 Å².